The summed E-state index contributed by atoms with van der Waals surface area (Å²) in [6.45, 7) is 4.51. The second-order valence-corrected chi connectivity index (χ2v) is 6.21. The number of fused-ring (bicyclic) bond motifs is 1. The molecule has 4 heteroatoms. The second kappa shape index (κ2) is 3.77. The predicted molar refractivity (Wildman–Crippen MR) is 65.9 cm³/mol. The maximum atomic E-state index is 11.6. The van der Waals surface area contributed by atoms with Crippen molar-refractivity contribution < 1.29 is 9.53 Å². The van der Waals surface area contributed by atoms with E-state index < -0.39 is 0 Å². The standard InChI is InChI=1S/C12H17NO2S/c1-12(2)5-4-7-8(6-12)16-10(13)9(7)11(14)15-3/h4-6,13H2,1-3H3. The van der Waals surface area contributed by atoms with E-state index in [-0.39, 0.29) is 5.97 Å². The third-order valence-electron chi connectivity index (χ3n) is 3.20. The molecule has 0 atom stereocenters. The molecule has 1 aliphatic rings. The molecule has 0 amide bonds. The summed E-state index contributed by atoms with van der Waals surface area (Å²) >= 11 is 1.54. The van der Waals surface area contributed by atoms with E-state index in [9.17, 15) is 4.79 Å². The van der Waals surface area contributed by atoms with Crippen LogP contribution < -0.4 is 5.73 Å². The lowest BCUT2D eigenvalue weighted by molar-refractivity contribution is 0.0600. The van der Waals surface area contributed by atoms with Crippen LogP contribution in [0.4, 0.5) is 5.00 Å². The van der Waals surface area contributed by atoms with Gasteiger partial charge in [0.25, 0.3) is 0 Å². The predicted octanol–water partition coefficient (Wildman–Crippen LogP) is 2.63. The molecule has 0 saturated carbocycles. The van der Waals surface area contributed by atoms with Gasteiger partial charge < -0.3 is 10.5 Å². The summed E-state index contributed by atoms with van der Waals surface area (Å²) < 4.78 is 4.78. The van der Waals surface area contributed by atoms with Gasteiger partial charge in [-0.2, -0.15) is 0 Å². The molecular weight excluding hydrogens is 222 g/mol. The Morgan fingerprint density at radius 2 is 2.19 bits per heavy atom. The Morgan fingerprint density at radius 1 is 1.50 bits per heavy atom. The van der Waals surface area contributed by atoms with Crippen molar-refractivity contribution in [2.75, 3.05) is 12.8 Å². The third kappa shape index (κ3) is 1.82. The van der Waals surface area contributed by atoms with Crippen molar-refractivity contribution in [3.63, 3.8) is 0 Å². The molecule has 1 aromatic heterocycles. The summed E-state index contributed by atoms with van der Waals surface area (Å²) in [7, 11) is 1.40. The molecule has 88 valence electrons. The van der Waals surface area contributed by atoms with Crippen LogP contribution in [0.2, 0.25) is 0 Å². The van der Waals surface area contributed by atoms with Crippen molar-refractivity contribution in [3.05, 3.63) is 16.0 Å². The molecule has 16 heavy (non-hydrogen) atoms. The van der Waals surface area contributed by atoms with Gasteiger partial charge in [0.1, 0.15) is 5.00 Å². The van der Waals surface area contributed by atoms with E-state index in [1.165, 1.54) is 23.3 Å². The molecule has 0 fully saturated rings. The first-order valence-corrected chi connectivity index (χ1v) is 6.24. The van der Waals surface area contributed by atoms with Gasteiger partial charge in [0, 0.05) is 4.88 Å². The van der Waals surface area contributed by atoms with Crippen LogP contribution in [0.1, 0.15) is 41.1 Å². The lowest BCUT2D eigenvalue weighted by Crippen LogP contribution is -2.22. The number of thiophene rings is 1. The molecule has 3 nitrogen and oxygen atoms in total. The Bertz CT molecular complexity index is 434. The lowest BCUT2D eigenvalue weighted by atomic mass is 9.77. The highest BCUT2D eigenvalue weighted by Crippen LogP contribution is 2.42. The third-order valence-corrected chi connectivity index (χ3v) is 4.26. The highest BCUT2D eigenvalue weighted by atomic mass is 32.1. The van der Waals surface area contributed by atoms with Crippen LogP contribution in [0.5, 0.6) is 0 Å². The number of esters is 1. The molecule has 2 rings (SSSR count). The van der Waals surface area contributed by atoms with Crippen molar-refractivity contribution in [1.29, 1.82) is 0 Å². The van der Waals surface area contributed by atoms with Crippen LogP contribution >= 0.6 is 11.3 Å². The van der Waals surface area contributed by atoms with E-state index in [0.29, 0.717) is 16.0 Å². The van der Waals surface area contributed by atoms with Gasteiger partial charge in [-0.05, 0) is 30.2 Å². The average molecular weight is 239 g/mol. The van der Waals surface area contributed by atoms with Crippen molar-refractivity contribution >= 4 is 22.3 Å². The number of nitrogens with two attached hydrogens (primary N) is 1. The van der Waals surface area contributed by atoms with Gasteiger partial charge in [-0.3, -0.25) is 0 Å². The molecular formula is C12H17NO2S. The summed E-state index contributed by atoms with van der Waals surface area (Å²) in [5.74, 6) is -0.297. The van der Waals surface area contributed by atoms with Crippen LogP contribution in [-0.4, -0.2) is 13.1 Å². The smallest absolute Gasteiger partial charge is 0.341 e. The van der Waals surface area contributed by atoms with Gasteiger partial charge in [-0.25, -0.2) is 4.79 Å². The fourth-order valence-electron chi connectivity index (χ4n) is 2.25. The number of ether oxygens (including phenoxy) is 1. The summed E-state index contributed by atoms with van der Waals surface area (Å²) in [4.78, 5) is 12.9. The zero-order valence-electron chi connectivity index (χ0n) is 9.92. The summed E-state index contributed by atoms with van der Waals surface area (Å²) in [6.07, 6.45) is 3.04. The van der Waals surface area contributed by atoms with Crippen molar-refractivity contribution in [3.8, 4) is 0 Å². The van der Waals surface area contributed by atoms with Gasteiger partial charge in [-0.1, -0.05) is 13.8 Å². The number of hydrogen-bond donors (Lipinski definition) is 1. The van der Waals surface area contributed by atoms with Crippen molar-refractivity contribution in [1.82, 2.24) is 0 Å². The average Bonchev–Trinajstić information content (AvgIpc) is 2.50. The Morgan fingerprint density at radius 3 is 2.81 bits per heavy atom. The topological polar surface area (TPSA) is 52.3 Å². The number of rotatable bonds is 1. The quantitative estimate of drug-likeness (QED) is 0.766. The Labute approximate surface area is 99.6 Å². The first-order valence-electron chi connectivity index (χ1n) is 5.43. The number of hydrogen-bond acceptors (Lipinski definition) is 4. The van der Waals surface area contributed by atoms with Gasteiger partial charge in [0.2, 0.25) is 0 Å². The van der Waals surface area contributed by atoms with Crippen molar-refractivity contribution in [2.45, 2.75) is 33.1 Å². The fraction of sp³-hybridized carbons (Fsp3) is 0.583. The van der Waals surface area contributed by atoms with E-state index in [4.69, 9.17) is 10.5 Å². The molecule has 0 radical (unpaired) electrons. The number of carbonyl (C=O) groups excluding carboxylic acids is 1. The zero-order chi connectivity index (χ0) is 11.9. The molecule has 0 spiro atoms. The molecule has 1 aliphatic carbocycles. The van der Waals surface area contributed by atoms with E-state index in [1.54, 1.807) is 0 Å². The minimum Gasteiger partial charge on any atom is -0.465 e. The summed E-state index contributed by atoms with van der Waals surface area (Å²) in [6, 6.07) is 0. The molecule has 2 N–H and O–H groups in total. The van der Waals surface area contributed by atoms with Crippen LogP contribution in [0.25, 0.3) is 0 Å². The van der Waals surface area contributed by atoms with E-state index in [2.05, 4.69) is 13.8 Å². The minimum absolute atomic E-state index is 0.297. The molecule has 1 aromatic rings. The van der Waals surface area contributed by atoms with Gasteiger partial charge in [0.15, 0.2) is 0 Å². The van der Waals surface area contributed by atoms with Crippen LogP contribution in [0.3, 0.4) is 0 Å². The monoisotopic (exact) mass is 239 g/mol. The maximum absolute atomic E-state index is 11.6. The highest BCUT2D eigenvalue weighted by Gasteiger charge is 2.31. The van der Waals surface area contributed by atoms with E-state index in [1.807, 2.05) is 0 Å². The van der Waals surface area contributed by atoms with Crippen LogP contribution in [-0.2, 0) is 17.6 Å². The molecule has 0 aromatic carbocycles. The molecule has 1 heterocycles. The molecule has 0 bridgehead atoms. The Kier molecular flexibility index (Phi) is 2.70. The number of anilines is 1. The summed E-state index contributed by atoms with van der Waals surface area (Å²) in [5.41, 5.74) is 7.95. The number of nitrogen functional groups attached to an aromatic ring is 1. The van der Waals surface area contributed by atoms with E-state index in [0.717, 1.165) is 24.8 Å². The first kappa shape index (κ1) is 11.5. The Balaban J connectivity index is 2.44. The van der Waals surface area contributed by atoms with Gasteiger partial charge in [0.05, 0.1) is 12.7 Å². The first-order chi connectivity index (χ1) is 7.44. The fourth-order valence-corrected chi connectivity index (χ4v) is 3.62. The SMILES string of the molecule is COC(=O)c1c(N)sc2c1CCC(C)(C)C2. The maximum Gasteiger partial charge on any atom is 0.341 e. The Hall–Kier alpha value is -1.03. The number of methoxy groups -OCH3 is 1. The minimum atomic E-state index is -0.297. The lowest BCUT2D eigenvalue weighted by Gasteiger charge is -2.29. The summed E-state index contributed by atoms with van der Waals surface area (Å²) in [5, 5.41) is 0.606. The molecule has 0 aliphatic heterocycles. The van der Waals surface area contributed by atoms with Gasteiger partial charge in [-0.15, -0.1) is 11.3 Å². The molecule has 0 unspecified atom stereocenters. The normalized spacial score (nSPS) is 17.9. The zero-order valence-corrected chi connectivity index (χ0v) is 10.7. The second-order valence-electron chi connectivity index (χ2n) is 5.08. The van der Waals surface area contributed by atoms with Crippen molar-refractivity contribution in [2.24, 2.45) is 5.41 Å². The number of carbonyl (C=O) groups is 1. The van der Waals surface area contributed by atoms with Crippen LogP contribution in [0, 0.1) is 5.41 Å². The molecule has 0 saturated heterocycles. The van der Waals surface area contributed by atoms with E-state index >= 15 is 0 Å². The van der Waals surface area contributed by atoms with Gasteiger partial charge >= 0.3 is 5.97 Å². The highest BCUT2D eigenvalue weighted by molar-refractivity contribution is 7.16. The largest absolute Gasteiger partial charge is 0.465 e. The van der Waals surface area contributed by atoms with Crippen LogP contribution in [0.15, 0.2) is 0 Å².